The first-order chi connectivity index (χ1) is 12.5. The molecule has 2 aromatic carbocycles. The summed E-state index contributed by atoms with van der Waals surface area (Å²) < 4.78 is 11.9. The van der Waals surface area contributed by atoms with E-state index in [1.54, 1.807) is 36.4 Å². The maximum Gasteiger partial charge on any atom is 0.354 e. The normalized spacial score (nSPS) is 10.4. The lowest BCUT2D eigenvalue weighted by Crippen LogP contribution is -2.06. The average molecular weight is 353 g/mol. The highest BCUT2D eigenvalue weighted by Crippen LogP contribution is 2.37. The van der Waals surface area contributed by atoms with Crippen LogP contribution in [-0.2, 0) is 4.74 Å². The van der Waals surface area contributed by atoms with Crippen LogP contribution in [0.5, 0.6) is 11.6 Å². The van der Waals surface area contributed by atoms with Crippen LogP contribution in [0.4, 0.5) is 5.69 Å². The summed E-state index contributed by atoms with van der Waals surface area (Å²) in [5.41, 5.74) is 0.676. The number of aromatic nitrogens is 2. The van der Waals surface area contributed by atoms with E-state index in [4.69, 9.17) is 9.47 Å². The number of benzene rings is 2. The number of nitro groups is 1. The molecule has 8 nitrogen and oxygen atoms in total. The Hall–Kier alpha value is -3.68. The Morgan fingerprint density at radius 1 is 1.12 bits per heavy atom. The van der Waals surface area contributed by atoms with Crippen molar-refractivity contribution in [3.63, 3.8) is 0 Å². The molecule has 0 N–H and O–H groups in total. The number of esters is 1. The van der Waals surface area contributed by atoms with Gasteiger partial charge in [0.1, 0.15) is 17.0 Å². The number of carbonyl (C=O) groups is 1. The van der Waals surface area contributed by atoms with Gasteiger partial charge >= 0.3 is 17.5 Å². The SMILES string of the molecule is COC(=O)c1ccccc1Oc1c([N+](=O)[O-])c(C)nn1-c1ccccc1. The fourth-order valence-electron chi connectivity index (χ4n) is 2.48. The molecule has 1 heterocycles. The van der Waals surface area contributed by atoms with Gasteiger partial charge in [0.2, 0.25) is 0 Å². The molecular weight excluding hydrogens is 338 g/mol. The molecule has 0 fully saturated rings. The van der Waals surface area contributed by atoms with Gasteiger partial charge in [-0.15, -0.1) is 0 Å². The molecule has 1 aromatic heterocycles. The van der Waals surface area contributed by atoms with Gasteiger partial charge in [0.15, 0.2) is 0 Å². The van der Waals surface area contributed by atoms with Crippen LogP contribution < -0.4 is 4.74 Å². The summed E-state index contributed by atoms with van der Waals surface area (Å²) in [7, 11) is 1.25. The van der Waals surface area contributed by atoms with E-state index in [0.29, 0.717) is 5.69 Å². The second kappa shape index (κ2) is 7.06. The summed E-state index contributed by atoms with van der Waals surface area (Å²) in [6.45, 7) is 1.52. The van der Waals surface area contributed by atoms with Crippen molar-refractivity contribution in [3.8, 4) is 17.3 Å². The lowest BCUT2D eigenvalue weighted by atomic mass is 10.2. The van der Waals surface area contributed by atoms with Crippen LogP contribution in [0.25, 0.3) is 5.69 Å². The molecule has 0 unspecified atom stereocenters. The van der Waals surface area contributed by atoms with Crippen LogP contribution in [0.15, 0.2) is 54.6 Å². The van der Waals surface area contributed by atoms with Gasteiger partial charge < -0.3 is 9.47 Å². The zero-order chi connectivity index (χ0) is 18.7. The fourth-order valence-corrected chi connectivity index (χ4v) is 2.48. The maximum absolute atomic E-state index is 11.9. The number of hydrogen-bond donors (Lipinski definition) is 0. The Bertz CT molecular complexity index is 966. The van der Waals surface area contributed by atoms with Crippen LogP contribution in [0.2, 0.25) is 0 Å². The summed E-state index contributed by atoms with van der Waals surface area (Å²) in [4.78, 5) is 22.9. The second-order valence-corrected chi connectivity index (χ2v) is 5.33. The van der Waals surface area contributed by atoms with Gasteiger partial charge in [-0.1, -0.05) is 30.3 Å². The summed E-state index contributed by atoms with van der Waals surface area (Å²) >= 11 is 0. The summed E-state index contributed by atoms with van der Waals surface area (Å²) in [6, 6.07) is 15.2. The number of carbonyl (C=O) groups excluding carboxylic acids is 1. The monoisotopic (exact) mass is 353 g/mol. The first kappa shape index (κ1) is 17.2. The van der Waals surface area contributed by atoms with Gasteiger partial charge in [0.05, 0.1) is 17.7 Å². The van der Waals surface area contributed by atoms with E-state index in [1.165, 1.54) is 30.8 Å². The molecule has 0 bridgehead atoms. The van der Waals surface area contributed by atoms with Crippen molar-refractivity contribution in [2.24, 2.45) is 0 Å². The van der Waals surface area contributed by atoms with Gasteiger partial charge in [-0.3, -0.25) is 10.1 Å². The minimum Gasteiger partial charge on any atom is -0.465 e. The Morgan fingerprint density at radius 3 is 2.42 bits per heavy atom. The molecule has 0 aliphatic heterocycles. The van der Waals surface area contributed by atoms with Gasteiger partial charge in [0.25, 0.3) is 0 Å². The standard InChI is InChI=1S/C18H15N3O5/c1-12-16(21(23)24)17(20(19-12)13-8-4-3-5-9-13)26-15-11-7-6-10-14(15)18(22)25-2/h3-11H,1-2H3. The minimum absolute atomic E-state index is 0.0879. The molecule has 0 saturated carbocycles. The van der Waals surface area contributed by atoms with Gasteiger partial charge in [-0.25, -0.2) is 4.79 Å². The number of nitrogens with zero attached hydrogens (tertiary/aromatic N) is 3. The largest absolute Gasteiger partial charge is 0.465 e. The zero-order valence-electron chi connectivity index (χ0n) is 14.1. The molecule has 0 aliphatic carbocycles. The lowest BCUT2D eigenvalue weighted by Gasteiger charge is -2.11. The fraction of sp³-hybridized carbons (Fsp3) is 0.111. The molecule has 8 heteroatoms. The van der Waals surface area contributed by atoms with E-state index in [1.807, 2.05) is 6.07 Å². The van der Waals surface area contributed by atoms with E-state index in [0.717, 1.165) is 0 Å². The van der Waals surface area contributed by atoms with Crippen molar-refractivity contribution in [3.05, 3.63) is 76.0 Å². The number of rotatable bonds is 5. The molecule has 0 spiro atoms. The van der Waals surface area contributed by atoms with Gasteiger partial charge in [-0.05, 0) is 31.2 Å². The first-order valence-corrected chi connectivity index (χ1v) is 7.67. The Labute approximate surface area is 148 Å². The molecular formula is C18H15N3O5. The van der Waals surface area contributed by atoms with E-state index < -0.39 is 10.9 Å². The van der Waals surface area contributed by atoms with Crippen molar-refractivity contribution < 1.29 is 19.2 Å². The van der Waals surface area contributed by atoms with Crippen molar-refractivity contribution in [2.75, 3.05) is 7.11 Å². The molecule has 0 aliphatic rings. The smallest absolute Gasteiger partial charge is 0.354 e. The molecule has 3 aromatic rings. The highest BCUT2D eigenvalue weighted by Gasteiger charge is 2.29. The summed E-state index contributed by atoms with van der Waals surface area (Å²) in [5, 5.41) is 15.8. The number of methoxy groups -OCH3 is 1. The molecule has 132 valence electrons. The quantitative estimate of drug-likeness (QED) is 0.394. The van der Waals surface area contributed by atoms with Crippen LogP contribution in [-0.4, -0.2) is 27.8 Å². The summed E-state index contributed by atoms with van der Waals surface area (Å²) in [6.07, 6.45) is 0. The predicted molar refractivity (Wildman–Crippen MR) is 92.8 cm³/mol. The van der Waals surface area contributed by atoms with Crippen LogP contribution >= 0.6 is 0 Å². The van der Waals surface area contributed by atoms with Crippen LogP contribution in [0.1, 0.15) is 16.1 Å². The Morgan fingerprint density at radius 2 is 1.77 bits per heavy atom. The molecule has 0 radical (unpaired) electrons. The predicted octanol–water partition coefficient (Wildman–Crippen LogP) is 3.67. The van der Waals surface area contributed by atoms with Crippen molar-refractivity contribution >= 4 is 11.7 Å². The Kier molecular flexibility index (Phi) is 4.66. The molecule has 3 rings (SSSR count). The average Bonchev–Trinajstić information content (AvgIpc) is 2.98. The van der Waals surface area contributed by atoms with Gasteiger partial charge in [-0.2, -0.15) is 9.78 Å². The maximum atomic E-state index is 11.9. The summed E-state index contributed by atoms with van der Waals surface area (Å²) in [5.74, 6) is -0.555. The number of para-hydroxylation sites is 2. The minimum atomic E-state index is -0.606. The number of hydrogen-bond acceptors (Lipinski definition) is 6. The van der Waals surface area contributed by atoms with E-state index in [2.05, 4.69) is 5.10 Å². The van der Waals surface area contributed by atoms with Crippen molar-refractivity contribution in [2.45, 2.75) is 6.92 Å². The molecule has 0 saturated heterocycles. The van der Waals surface area contributed by atoms with E-state index >= 15 is 0 Å². The third kappa shape index (κ3) is 3.12. The molecule has 0 atom stereocenters. The highest BCUT2D eigenvalue weighted by atomic mass is 16.6. The third-order valence-electron chi connectivity index (χ3n) is 3.67. The van der Waals surface area contributed by atoms with Gasteiger partial charge in [0, 0.05) is 0 Å². The number of aryl methyl sites for hydroxylation is 1. The van der Waals surface area contributed by atoms with Crippen LogP contribution in [0.3, 0.4) is 0 Å². The third-order valence-corrected chi connectivity index (χ3v) is 3.67. The topological polar surface area (TPSA) is 96.5 Å². The van der Waals surface area contributed by atoms with Crippen molar-refractivity contribution in [1.29, 1.82) is 0 Å². The van der Waals surface area contributed by atoms with Crippen LogP contribution in [0, 0.1) is 17.0 Å². The zero-order valence-corrected chi connectivity index (χ0v) is 14.1. The Balaban J connectivity index is 2.16. The second-order valence-electron chi connectivity index (χ2n) is 5.33. The number of ether oxygens (including phenoxy) is 2. The molecule has 26 heavy (non-hydrogen) atoms. The molecule has 0 amide bonds. The van der Waals surface area contributed by atoms with E-state index in [-0.39, 0.29) is 28.6 Å². The van der Waals surface area contributed by atoms with E-state index in [9.17, 15) is 14.9 Å². The lowest BCUT2D eigenvalue weighted by molar-refractivity contribution is -0.386. The first-order valence-electron chi connectivity index (χ1n) is 7.67. The highest BCUT2D eigenvalue weighted by molar-refractivity contribution is 5.92. The van der Waals surface area contributed by atoms with Crippen molar-refractivity contribution in [1.82, 2.24) is 9.78 Å².